The lowest BCUT2D eigenvalue weighted by Gasteiger charge is -2.36. The molecule has 1 saturated heterocycles. The van der Waals surface area contributed by atoms with Crippen LogP contribution in [0.3, 0.4) is 0 Å². The molecule has 0 N–H and O–H groups in total. The van der Waals surface area contributed by atoms with E-state index < -0.39 is 9.84 Å². The van der Waals surface area contributed by atoms with Crippen LogP contribution in [0.1, 0.15) is 12.0 Å². The SMILES string of the molecule is O=S1(=O)CCC(C(CBr)(CBr)Cc2cc(F)ccc2Cl)C1. The smallest absolute Gasteiger partial charge is 0.150 e. The summed E-state index contributed by atoms with van der Waals surface area (Å²) >= 11 is 13.2. The molecule has 0 bridgehead atoms. The molecule has 0 amide bonds. The molecule has 0 radical (unpaired) electrons. The van der Waals surface area contributed by atoms with Crippen LogP contribution in [-0.4, -0.2) is 30.6 Å². The second kappa shape index (κ2) is 6.85. The summed E-state index contributed by atoms with van der Waals surface area (Å²) in [6, 6.07) is 4.31. The molecule has 7 heteroatoms. The number of hydrogen-bond donors (Lipinski definition) is 0. The van der Waals surface area contributed by atoms with Crippen molar-refractivity contribution in [2.45, 2.75) is 12.8 Å². The van der Waals surface area contributed by atoms with E-state index in [0.29, 0.717) is 28.5 Å². The normalized spacial score (nSPS) is 21.6. The van der Waals surface area contributed by atoms with Crippen LogP contribution < -0.4 is 0 Å². The molecule has 1 heterocycles. The summed E-state index contributed by atoms with van der Waals surface area (Å²) < 4.78 is 37.0. The van der Waals surface area contributed by atoms with E-state index in [4.69, 9.17) is 11.6 Å². The fraction of sp³-hybridized carbons (Fsp3) is 0.571. The maximum absolute atomic E-state index is 13.5. The standard InChI is InChI=1S/C14H16Br2ClFO2S/c15-8-14(9-16,11-3-4-21(19,20)7-11)6-10-5-12(18)1-2-13(10)17/h1-2,5,11H,3-4,6-9H2. The van der Waals surface area contributed by atoms with E-state index in [1.807, 2.05) is 0 Å². The average molecular weight is 463 g/mol. The molecular weight excluding hydrogens is 446 g/mol. The summed E-state index contributed by atoms with van der Waals surface area (Å²) in [5, 5.41) is 1.79. The minimum absolute atomic E-state index is 0.0422. The first kappa shape index (κ1) is 17.7. The largest absolute Gasteiger partial charge is 0.229 e. The zero-order chi connectivity index (χ0) is 15.7. The van der Waals surface area contributed by atoms with Gasteiger partial charge in [0.15, 0.2) is 9.84 Å². The Labute approximate surface area is 146 Å². The number of benzene rings is 1. The van der Waals surface area contributed by atoms with Crippen molar-refractivity contribution in [1.82, 2.24) is 0 Å². The molecule has 0 aromatic heterocycles. The first-order valence-corrected chi connectivity index (χ1v) is 11.0. The highest BCUT2D eigenvalue weighted by Crippen LogP contribution is 2.42. The maximum Gasteiger partial charge on any atom is 0.150 e. The summed E-state index contributed by atoms with van der Waals surface area (Å²) in [6.07, 6.45) is 1.19. The van der Waals surface area contributed by atoms with E-state index in [2.05, 4.69) is 31.9 Å². The van der Waals surface area contributed by atoms with Gasteiger partial charge in [-0.25, -0.2) is 12.8 Å². The van der Waals surface area contributed by atoms with Gasteiger partial charge in [0.1, 0.15) is 5.82 Å². The molecule has 1 unspecified atom stereocenters. The highest BCUT2D eigenvalue weighted by Gasteiger charge is 2.43. The molecule has 1 aromatic carbocycles. The quantitative estimate of drug-likeness (QED) is 0.614. The van der Waals surface area contributed by atoms with Crippen molar-refractivity contribution in [2.24, 2.45) is 11.3 Å². The van der Waals surface area contributed by atoms with Gasteiger partial charge in [-0.15, -0.1) is 0 Å². The molecule has 1 aromatic rings. The molecule has 2 rings (SSSR count). The van der Waals surface area contributed by atoms with Crippen LogP contribution in [-0.2, 0) is 16.3 Å². The number of halogens is 4. The second-order valence-corrected chi connectivity index (χ2v) is 9.40. The van der Waals surface area contributed by atoms with Gasteiger partial charge in [0.2, 0.25) is 0 Å². The Morgan fingerprint density at radius 2 is 2.00 bits per heavy atom. The number of hydrogen-bond acceptors (Lipinski definition) is 2. The Bertz CT molecular complexity index is 617. The minimum atomic E-state index is -2.96. The van der Waals surface area contributed by atoms with Crippen molar-refractivity contribution in [3.05, 3.63) is 34.6 Å². The lowest BCUT2D eigenvalue weighted by atomic mass is 9.74. The van der Waals surface area contributed by atoms with Crippen molar-refractivity contribution < 1.29 is 12.8 Å². The van der Waals surface area contributed by atoms with Gasteiger partial charge in [0.25, 0.3) is 0 Å². The lowest BCUT2D eigenvalue weighted by Crippen LogP contribution is -2.37. The number of alkyl halides is 2. The van der Waals surface area contributed by atoms with E-state index >= 15 is 0 Å². The van der Waals surface area contributed by atoms with Gasteiger partial charge >= 0.3 is 0 Å². The second-order valence-electron chi connectivity index (χ2n) is 5.64. The van der Waals surface area contributed by atoms with Crippen LogP contribution in [0.2, 0.25) is 5.02 Å². The Hall–Kier alpha value is 0.350. The van der Waals surface area contributed by atoms with Crippen molar-refractivity contribution in [1.29, 1.82) is 0 Å². The highest BCUT2D eigenvalue weighted by molar-refractivity contribution is 9.09. The van der Waals surface area contributed by atoms with Crippen molar-refractivity contribution in [3.8, 4) is 0 Å². The Balaban J connectivity index is 2.32. The van der Waals surface area contributed by atoms with Gasteiger partial charge in [-0.3, -0.25) is 0 Å². The molecule has 1 aliphatic rings. The van der Waals surface area contributed by atoms with E-state index in [1.165, 1.54) is 12.1 Å². The van der Waals surface area contributed by atoms with Gasteiger partial charge in [-0.2, -0.15) is 0 Å². The topological polar surface area (TPSA) is 34.1 Å². The molecule has 118 valence electrons. The molecule has 1 atom stereocenters. The van der Waals surface area contributed by atoms with E-state index in [-0.39, 0.29) is 28.7 Å². The van der Waals surface area contributed by atoms with Gasteiger partial charge in [-0.1, -0.05) is 43.5 Å². The molecular formula is C14H16Br2ClFO2S. The third-order valence-electron chi connectivity index (χ3n) is 4.18. The van der Waals surface area contributed by atoms with Crippen LogP contribution in [0.5, 0.6) is 0 Å². The zero-order valence-electron chi connectivity index (χ0n) is 11.3. The summed E-state index contributed by atoms with van der Waals surface area (Å²) in [5.74, 6) is 0.139. The molecule has 21 heavy (non-hydrogen) atoms. The van der Waals surface area contributed by atoms with Crippen LogP contribution in [0, 0.1) is 17.2 Å². The molecule has 2 nitrogen and oxygen atoms in total. The fourth-order valence-corrected chi connectivity index (χ4v) is 7.20. The summed E-state index contributed by atoms with van der Waals surface area (Å²) in [4.78, 5) is 0. The van der Waals surface area contributed by atoms with Crippen molar-refractivity contribution in [2.75, 3.05) is 22.2 Å². The van der Waals surface area contributed by atoms with Crippen molar-refractivity contribution >= 4 is 53.3 Å². The number of rotatable bonds is 5. The van der Waals surface area contributed by atoms with Gasteiger partial charge in [0.05, 0.1) is 11.5 Å². The van der Waals surface area contributed by atoms with E-state index in [1.54, 1.807) is 6.07 Å². The van der Waals surface area contributed by atoms with Crippen molar-refractivity contribution in [3.63, 3.8) is 0 Å². The average Bonchev–Trinajstić information content (AvgIpc) is 2.81. The molecule has 0 aliphatic carbocycles. The van der Waals surface area contributed by atoms with E-state index in [0.717, 1.165) is 5.56 Å². The van der Waals surface area contributed by atoms with Gasteiger partial charge in [0, 0.05) is 15.7 Å². The lowest BCUT2D eigenvalue weighted by molar-refractivity contribution is 0.253. The fourth-order valence-electron chi connectivity index (χ4n) is 2.83. The molecule has 1 fully saturated rings. The molecule has 1 aliphatic heterocycles. The van der Waals surface area contributed by atoms with Crippen LogP contribution in [0.4, 0.5) is 4.39 Å². The van der Waals surface area contributed by atoms with Crippen LogP contribution in [0.25, 0.3) is 0 Å². The van der Waals surface area contributed by atoms with Crippen LogP contribution >= 0.6 is 43.5 Å². The van der Waals surface area contributed by atoms with Gasteiger partial charge in [-0.05, 0) is 47.9 Å². The van der Waals surface area contributed by atoms with Gasteiger partial charge < -0.3 is 0 Å². The molecule has 0 spiro atoms. The predicted octanol–water partition coefficient (Wildman–Crippen LogP) is 4.23. The minimum Gasteiger partial charge on any atom is -0.229 e. The first-order chi connectivity index (χ1) is 9.82. The maximum atomic E-state index is 13.5. The zero-order valence-corrected chi connectivity index (χ0v) is 16.0. The van der Waals surface area contributed by atoms with E-state index in [9.17, 15) is 12.8 Å². The predicted molar refractivity (Wildman–Crippen MR) is 91.9 cm³/mol. The Kier molecular flexibility index (Phi) is 5.77. The molecule has 0 saturated carbocycles. The highest BCUT2D eigenvalue weighted by atomic mass is 79.9. The number of sulfone groups is 1. The first-order valence-electron chi connectivity index (χ1n) is 6.58. The summed E-state index contributed by atoms with van der Waals surface area (Å²) in [7, 11) is -2.96. The summed E-state index contributed by atoms with van der Waals surface area (Å²) in [6.45, 7) is 0. The van der Waals surface area contributed by atoms with Crippen LogP contribution in [0.15, 0.2) is 18.2 Å². The Morgan fingerprint density at radius 3 is 2.52 bits per heavy atom. The monoisotopic (exact) mass is 460 g/mol. The third kappa shape index (κ3) is 4.01. The summed E-state index contributed by atoms with van der Waals surface area (Å²) in [5.41, 5.74) is 0.431. The Morgan fingerprint density at radius 1 is 1.33 bits per heavy atom. The third-order valence-corrected chi connectivity index (χ3v) is 8.55.